The van der Waals surface area contributed by atoms with E-state index in [1.165, 1.54) is 0 Å². The molecule has 0 spiro atoms. The Kier molecular flexibility index (Phi) is 8.32. The lowest BCUT2D eigenvalue weighted by atomic mass is 10.1. The molecule has 0 aromatic heterocycles. The summed E-state index contributed by atoms with van der Waals surface area (Å²) in [6, 6.07) is 10.2. The van der Waals surface area contributed by atoms with Crippen molar-refractivity contribution in [1.82, 2.24) is 4.90 Å². The Hall–Kier alpha value is -3.07. The number of nitrogens with one attached hydrogen (secondary N) is 1. The van der Waals surface area contributed by atoms with Gasteiger partial charge in [0.05, 0.1) is 34.6 Å². The van der Waals surface area contributed by atoms with Gasteiger partial charge in [-0.05, 0) is 66.2 Å². The third-order valence-electron chi connectivity index (χ3n) is 5.32. The highest BCUT2D eigenvalue weighted by atomic mass is 79.9. The lowest BCUT2D eigenvalue weighted by Crippen LogP contribution is -2.48. The second-order valence-electron chi connectivity index (χ2n) is 7.48. The number of amides is 2. The molecule has 33 heavy (non-hydrogen) atoms. The Morgan fingerprint density at radius 1 is 0.970 bits per heavy atom. The Bertz CT molecular complexity index is 1030. The van der Waals surface area contributed by atoms with Crippen LogP contribution in [0.3, 0.4) is 0 Å². The summed E-state index contributed by atoms with van der Waals surface area (Å²) in [5.74, 6) is -0.0718. The molecule has 2 aromatic carbocycles. The van der Waals surface area contributed by atoms with E-state index < -0.39 is 5.97 Å². The molecule has 0 aliphatic carbocycles. The number of nitrogens with zero attached hydrogens (tertiary/aromatic N) is 2. The minimum Gasteiger partial charge on any atom is -0.493 e. The van der Waals surface area contributed by atoms with Crippen LogP contribution in [0.25, 0.3) is 0 Å². The first-order valence-electron chi connectivity index (χ1n) is 10.9. The number of benzene rings is 2. The Morgan fingerprint density at radius 2 is 1.67 bits per heavy atom. The molecular weight excluding hydrogens is 490 g/mol. The van der Waals surface area contributed by atoms with Gasteiger partial charge in [0.25, 0.3) is 5.91 Å². The van der Waals surface area contributed by atoms with Crippen molar-refractivity contribution in [1.29, 1.82) is 0 Å². The second-order valence-corrected chi connectivity index (χ2v) is 8.33. The van der Waals surface area contributed by atoms with Gasteiger partial charge in [-0.15, -0.1) is 0 Å². The molecule has 0 saturated carbocycles. The summed E-state index contributed by atoms with van der Waals surface area (Å²) in [6.45, 7) is 8.40. The normalized spacial score (nSPS) is 13.5. The fraction of sp³-hybridized carbons (Fsp3) is 0.375. The topological polar surface area (TPSA) is 88.2 Å². The fourth-order valence-corrected chi connectivity index (χ4v) is 4.12. The van der Waals surface area contributed by atoms with Gasteiger partial charge >= 0.3 is 5.97 Å². The van der Waals surface area contributed by atoms with Gasteiger partial charge in [0.15, 0.2) is 0 Å². The van der Waals surface area contributed by atoms with Crippen molar-refractivity contribution in [2.75, 3.05) is 49.6 Å². The molecule has 1 aliphatic heterocycles. The van der Waals surface area contributed by atoms with Crippen LogP contribution < -0.4 is 15.0 Å². The molecule has 2 aromatic rings. The number of hydrogen-bond acceptors (Lipinski definition) is 6. The summed E-state index contributed by atoms with van der Waals surface area (Å²) in [6.07, 6.45) is 0. The maximum absolute atomic E-state index is 13.1. The Morgan fingerprint density at radius 3 is 2.27 bits per heavy atom. The summed E-state index contributed by atoms with van der Waals surface area (Å²) in [5.41, 5.74) is 2.08. The van der Waals surface area contributed by atoms with E-state index >= 15 is 0 Å². The van der Waals surface area contributed by atoms with Crippen LogP contribution in [-0.4, -0.2) is 62.1 Å². The summed E-state index contributed by atoms with van der Waals surface area (Å²) in [4.78, 5) is 40.9. The number of carbonyl (C=O) groups is 3. The van der Waals surface area contributed by atoms with Gasteiger partial charge in [0.1, 0.15) is 5.75 Å². The van der Waals surface area contributed by atoms with Gasteiger partial charge in [-0.1, -0.05) is 0 Å². The molecule has 0 bridgehead atoms. The highest BCUT2D eigenvalue weighted by Gasteiger charge is 2.23. The Balaban J connectivity index is 1.88. The zero-order valence-corrected chi connectivity index (χ0v) is 20.6. The van der Waals surface area contributed by atoms with E-state index in [1.807, 2.05) is 6.92 Å². The van der Waals surface area contributed by atoms with Gasteiger partial charge in [-0.25, -0.2) is 4.79 Å². The minimum absolute atomic E-state index is 0.0434. The van der Waals surface area contributed by atoms with E-state index in [0.29, 0.717) is 59.8 Å². The molecule has 2 amide bonds. The first-order chi connectivity index (χ1) is 15.8. The van der Waals surface area contributed by atoms with Crippen LogP contribution in [0, 0.1) is 0 Å². The van der Waals surface area contributed by atoms with Gasteiger partial charge in [-0.2, -0.15) is 0 Å². The van der Waals surface area contributed by atoms with Gasteiger partial charge in [0.2, 0.25) is 5.91 Å². The van der Waals surface area contributed by atoms with E-state index in [-0.39, 0.29) is 18.4 Å². The van der Waals surface area contributed by atoms with Crippen molar-refractivity contribution in [3.05, 3.63) is 52.0 Å². The van der Waals surface area contributed by atoms with E-state index in [1.54, 1.807) is 55.1 Å². The first-order valence-corrected chi connectivity index (χ1v) is 11.7. The van der Waals surface area contributed by atoms with Crippen LogP contribution in [0.1, 0.15) is 41.5 Å². The predicted molar refractivity (Wildman–Crippen MR) is 130 cm³/mol. The number of halogens is 1. The highest BCUT2D eigenvalue weighted by Crippen LogP contribution is 2.31. The molecule has 8 nitrogen and oxygen atoms in total. The van der Waals surface area contributed by atoms with E-state index in [2.05, 4.69) is 26.1 Å². The third-order valence-corrected chi connectivity index (χ3v) is 5.94. The average molecular weight is 518 g/mol. The molecule has 0 radical (unpaired) electrons. The van der Waals surface area contributed by atoms with Crippen LogP contribution in [0.5, 0.6) is 5.75 Å². The van der Waals surface area contributed by atoms with Crippen molar-refractivity contribution in [3.8, 4) is 5.75 Å². The van der Waals surface area contributed by atoms with Crippen molar-refractivity contribution in [2.45, 2.75) is 20.8 Å². The van der Waals surface area contributed by atoms with E-state index in [0.717, 1.165) is 5.69 Å². The number of rotatable bonds is 7. The molecule has 176 valence electrons. The van der Waals surface area contributed by atoms with Crippen molar-refractivity contribution in [3.63, 3.8) is 0 Å². The largest absolute Gasteiger partial charge is 0.493 e. The lowest BCUT2D eigenvalue weighted by Gasteiger charge is -2.36. The molecular formula is C24H28BrN3O5. The second kappa shape index (κ2) is 11.2. The molecule has 1 fully saturated rings. The van der Waals surface area contributed by atoms with Crippen molar-refractivity contribution < 1.29 is 23.9 Å². The summed E-state index contributed by atoms with van der Waals surface area (Å²) in [5, 5.41) is 2.94. The number of anilines is 2. The lowest BCUT2D eigenvalue weighted by molar-refractivity contribution is -0.129. The smallest absolute Gasteiger partial charge is 0.338 e. The highest BCUT2D eigenvalue weighted by molar-refractivity contribution is 9.10. The summed E-state index contributed by atoms with van der Waals surface area (Å²) in [7, 11) is 0. The molecule has 1 N–H and O–H groups in total. The van der Waals surface area contributed by atoms with Crippen molar-refractivity contribution >= 4 is 45.1 Å². The van der Waals surface area contributed by atoms with Gasteiger partial charge in [-0.3, -0.25) is 9.59 Å². The van der Waals surface area contributed by atoms with Gasteiger partial charge < -0.3 is 24.6 Å². The van der Waals surface area contributed by atoms with Crippen LogP contribution in [0.15, 0.2) is 40.9 Å². The molecule has 3 rings (SSSR count). The number of carbonyl (C=O) groups excluding carboxylic acids is 3. The van der Waals surface area contributed by atoms with E-state index in [4.69, 9.17) is 9.47 Å². The molecule has 9 heteroatoms. The molecule has 1 saturated heterocycles. The number of hydrogen-bond donors (Lipinski definition) is 1. The maximum Gasteiger partial charge on any atom is 0.338 e. The fourth-order valence-electron chi connectivity index (χ4n) is 3.62. The zero-order chi connectivity index (χ0) is 24.0. The van der Waals surface area contributed by atoms with Gasteiger partial charge in [0, 0.05) is 38.7 Å². The van der Waals surface area contributed by atoms with E-state index in [9.17, 15) is 14.4 Å². The average Bonchev–Trinajstić information content (AvgIpc) is 2.80. The number of piperazine rings is 1. The van der Waals surface area contributed by atoms with Crippen LogP contribution in [0.2, 0.25) is 0 Å². The molecule has 1 heterocycles. The molecule has 0 unspecified atom stereocenters. The maximum atomic E-state index is 13.1. The van der Waals surface area contributed by atoms with Crippen molar-refractivity contribution in [2.24, 2.45) is 0 Å². The Labute approximate surface area is 202 Å². The summed E-state index contributed by atoms with van der Waals surface area (Å²) < 4.78 is 11.3. The molecule has 1 aliphatic rings. The van der Waals surface area contributed by atoms with Crippen LogP contribution >= 0.6 is 15.9 Å². The molecule has 0 atom stereocenters. The van der Waals surface area contributed by atoms with Crippen LogP contribution in [-0.2, 0) is 9.53 Å². The number of ether oxygens (including phenoxy) is 2. The summed E-state index contributed by atoms with van der Waals surface area (Å²) >= 11 is 3.44. The number of esters is 1. The monoisotopic (exact) mass is 517 g/mol. The minimum atomic E-state index is -0.454. The SMILES string of the molecule is CCOC(=O)c1ccc(N2CCN(C(C)=O)CC2)c(NC(=O)c2ccc(OCC)c(Br)c2)c1. The third kappa shape index (κ3) is 6.04. The zero-order valence-electron chi connectivity index (χ0n) is 19.0. The van der Waals surface area contributed by atoms with Crippen LogP contribution in [0.4, 0.5) is 11.4 Å². The first kappa shape index (κ1) is 24.6. The predicted octanol–water partition coefficient (Wildman–Crippen LogP) is 3.95. The quantitative estimate of drug-likeness (QED) is 0.559. The standard InChI is InChI=1S/C24H28BrN3O5/c1-4-32-22-9-7-17(14-19(22)25)23(30)26-20-15-18(24(31)33-5-2)6-8-21(20)28-12-10-27(11-13-28)16(3)29/h6-9,14-15H,4-5,10-13H2,1-3H3,(H,26,30).